The Hall–Kier alpha value is -3.87. The Morgan fingerprint density at radius 3 is 2.05 bits per heavy atom. The molecule has 0 radical (unpaired) electrons. The summed E-state index contributed by atoms with van der Waals surface area (Å²) in [4.78, 5) is 43.1. The highest BCUT2D eigenvalue weighted by Crippen LogP contribution is 2.32. The molecule has 3 aromatic carbocycles. The molecule has 0 aromatic heterocycles. The Balaban J connectivity index is 2.09. The van der Waals surface area contributed by atoms with Gasteiger partial charge in [0.25, 0.3) is 5.91 Å². The van der Waals surface area contributed by atoms with Crippen molar-refractivity contribution in [2.45, 2.75) is 92.5 Å². The van der Waals surface area contributed by atoms with Crippen molar-refractivity contribution < 1.29 is 19.1 Å². The molecule has 3 amide bonds. The molecule has 41 heavy (non-hydrogen) atoms. The van der Waals surface area contributed by atoms with Crippen molar-refractivity contribution in [1.29, 1.82) is 0 Å². The van der Waals surface area contributed by atoms with Gasteiger partial charge in [-0.05, 0) is 94.0 Å². The molecule has 0 aliphatic carbocycles. The molecular weight excluding hydrogens is 514 g/mol. The number of nitrogens with one attached hydrogen (secondary N) is 2. The number of carbonyl (C=O) groups excluding carboxylic acids is 3. The predicted octanol–water partition coefficient (Wildman–Crippen LogP) is 7.31. The van der Waals surface area contributed by atoms with Crippen LogP contribution < -0.4 is 10.6 Å². The van der Waals surface area contributed by atoms with Gasteiger partial charge in [0.05, 0.1) is 0 Å². The molecule has 0 aliphatic rings. The maximum Gasteiger partial charge on any atom is 0.408 e. The molecule has 0 saturated carbocycles. The quantitative estimate of drug-likeness (QED) is 0.288. The van der Waals surface area contributed by atoms with Gasteiger partial charge >= 0.3 is 6.09 Å². The first-order valence-corrected chi connectivity index (χ1v) is 14.4. The van der Waals surface area contributed by atoms with E-state index in [1.165, 1.54) is 0 Å². The van der Waals surface area contributed by atoms with Crippen LogP contribution in [-0.4, -0.2) is 40.5 Å². The zero-order chi connectivity index (χ0) is 30.5. The SMILES string of the molecule is CCC(C)C(NC(=O)OC(C)(C)C)C(=O)N(C(C)C)C(C(=O)Nc1ccc2ccccc2c1)c1c(C)cccc1C. The van der Waals surface area contributed by atoms with E-state index < -0.39 is 23.8 Å². The lowest BCUT2D eigenvalue weighted by molar-refractivity contribution is -0.144. The van der Waals surface area contributed by atoms with Crippen molar-refractivity contribution >= 4 is 34.4 Å². The maximum atomic E-state index is 14.4. The van der Waals surface area contributed by atoms with E-state index in [-0.39, 0.29) is 23.8 Å². The molecule has 3 unspecified atom stereocenters. The molecule has 7 heteroatoms. The monoisotopic (exact) mass is 559 g/mol. The van der Waals surface area contributed by atoms with Gasteiger partial charge in [-0.25, -0.2) is 4.79 Å². The summed E-state index contributed by atoms with van der Waals surface area (Å²) in [6.45, 7) is 16.9. The standard InChI is InChI=1S/C34H45N3O4/c1-10-22(4)29(36-33(40)41-34(7,8)9)32(39)37(21(2)3)30(28-23(5)14-13-15-24(28)6)31(38)35-27-19-18-25-16-11-12-17-26(25)20-27/h11-22,29-30H,10H2,1-9H3,(H,35,38)(H,36,40). The van der Waals surface area contributed by atoms with Gasteiger partial charge in [0.2, 0.25) is 5.91 Å². The van der Waals surface area contributed by atoms with Crippen molar-refractivity contribution in [1.82, 2.24) is 10.2 Å². The van der Waals surface area contributed by atoms with Gasteiger partial charge in [-0.3, -0.25) is 9.59 Å². The predicted molar refractivity (Wildman–Crippen MR) is 166 cm³/mol. The number of anilines is 1. The Morgan fingerprint density at radius 1 is 0.878 bits per heavy atom. The summed E-state index contributed by atoms with van der Waals surface area (Å²) in [6, 6.07) is 17.4. The van der Waals surface area contributed by atoms with Crippen molar-refractivity contribution in [3.05, 3.63) is 77.4 Å². The van der Waals surface area contributed by atoms with Gasteiger partial charge in [0.15, 0.2) is 0 Å². The number of aryl methyl sites for hydroxylation is 2. The second-order valence-electron chi connectivity index (χ2n) is 12.1. The van der Waals surface area contributed by atoms with Crippen LogP contribution in [0.1, 0.15) is 77.6 Å². The van der Waals surface area contributed by atoms with Crippen LogP contribution in [0.2, 0.25) is 0 Å². The van der Waals surface area contributed by atoms with E-state index in [9.17, 15) is 14.4 Å². The van der Waals surface area contributed by atoms with E-state index in [1.807, 2.05) is 102 Å². The van der Waals surface area contributed by atoms with Crippen molar-refractivity contribution in [2.24, 2.45) is 5.92 Å². The zero-order valence-corrected chi connectivity index (χ0v) is 25.9. The highest BCUT2D eigenvalue weighted by Gasteiger charge is 2.40. The Labute approximate surface area is 244 Å². The molecule has 3 aromatic rings. The van der Waals surface area contributed by atoms with Crippen LogP contribution in [0.5, 0.6) is 0 Å². The second-order valence-corrected chi connectivity index (χ2v) is 12.1. The summed E-state index contributed by atoms with van der Waals surface area (Å²) in [5, 5.41) is 7.98. The first-order valence-electron chi connectivity index (χ1n) is 14.4. The van der Waals surface area contributed by atoms with E-state index in [2.05, 4.69) is 10.6 Å². The van der Waals surface area contributed by atoms with Crippen LogP contribution in [0.15, 0.2) is 60.7 Å². The fourth-order valence-electron chi connectivity index (χ4n) is 5.09. The van der Waals surface area contributed by atoms with E-state index in [4.69, 9.17) is 4.74 Å². The number of fused-ring (bicyclic) bond motifs is 1. The normalized spacial score (nSPS) is 13.8. The maximum absolute atomic E-state index is 14.4. The molecule has 3 atom stereocenters. The number of carbonyl (C=O) groups is 3. The van der Waals surface area contributed by atoms with Crippen LogP contribution in [0.3, 0.4) is 0 Å². The van der Waals surface area contributed by atoms with Gasteiger partial charge < -0.3 is 20.3 Å². The summed E-state index contributed by atoms with van der Waals surface area (Å²) in [5.41, 5.74) is 2.51. The van der Waals surface area contributed by atoms with Crippen molar-refractivity contribution in [2.75, 3.05) is 5.32 Å². The van der Waals surface area contributed by atoms with E-state index >= 15 is 0 Å². The third kappa shape index (κ3) is 7.87. The Kier molecular flexibility index (Phi) is 10.2. The summed E-state index contributed by atoms with van der Waals surface area (Å²) < 4.78 is 5.50. The average molecular weight is 560 g/mol. The number of benzene rings is 3. The molecule has 0 saturated heterocycles. The lowest BCUT2D eigenvalue weighted by Gasteiger charge is -2.39. The Bertz CT molecular complexity index is 1370. The minimum atomic E-state index is -0.929. The van der Waals surface area contributed by atoms with Crippen molar-refractivity contribution in [3.8, 4) is 0 Å². The first kappa shape index (κ1) is 31.7. The van der Waals surface area contributed by atoms with E-state index in [0.717, 1.165) is 27.5 Å². The molecule has 0 aliphatic heterocycles. The summed E-state index contributed by atoms with van der Waals surface area (Å²) in [6.07, 6.45) is -0.0146. The molecule has 0 heterocycles. The van der Waals surface area contributed by atoms with Crippen LogP contribution in [0.4, 0.5) is 10.5 Å². The highest BCUT2D eigenvalue weighted by molar-refractivity contribution is 6.01. The number of alkyl carbamates (subject to hydrolysis) is 1. The highest BCUT2D eigenvalue weighted by atomic mass is 16.6. The summed E-state index contributed by atoms with van der Waals surface area (Å²) >= 11 is 0. The van der Waals surface area contributed by atoms with Crippen LogP contribution >= 0.6 is 0 Å². The van der Waals surface area contributed by atoms with Gasteiger partial charge in [0.1, 0.15) is 17.7 Å². The lowest BCUT2D eigenvalue weighted by atomic mass is 9.91. The number of hydrogen-bond donors (Lipinski definition) is 2. The second kappa shape index (κ2) is 13.2. The molecule has 3 rings (SSSR count). The number of hydrogen-bond acceptors (Lipinski definition) is 4. The number of nitrogens with zero attached hydrogens (tertiary/aromatic N) is 1. The lowest BCUT2D eigenvalue weighted by Crippen LogP contribution is -2.56. The third-order valence-electron chi connectivity index (χ3n) is 7.32. The largest absolute Gasteiger partial charge is 0.444 e. The minimum absolute atomic E-state index is 0.196. The van der Waals surface area contributed by atoms with E-state index in [0.29, 0.717) is 12.1 Å². The molecule has 7 nitrogen and oxygen atoms in total. The fraction of sp³-hybridized carbons (Fsp3) is 0.441. The number of ether oxygens (including phenoxy) is 1. The summed E-state index contributed by atoms with van der Waals surface area (Å²) in [7, 11) is 0. The van der Waals surface area contributed by atoms with E-state index in [1.54, 1.807) is 25.7 Å². The average Bonchev–Trinajstić information content (AvgIpc) is 2.89. The fourth-order valence-corrected chi connectivity index (χ4v) is 5.09. The smallest absolute Gasteiger partial charge is 0.408 e. The molecule has 220 valence electrons. The molecule has 2 N–H and O–H groups in total. The minimum Gasteiger partial charge on any atom is -0.444 e. The summed E-state index contributed by atoms with van der Waals surface area (Å²) in [5.74, 6) is -0.847. The molecule has 0 bridgehead atoms. The van der Waals surface area contributed by atoms with Crippen LogP contribution in [-0.2, 0) is 14.3 Å². The third-order valence-corrected chi connectivity index (χ3v) is 7.32. The van der Waals surface area contributed by atoms with Gasteiger partial charge in [-0.15, -0.1) is 0 Å². The first-order chi connectivity index (χ1) is 19.2. The molecule has 0 spiro atoms. The Morgan fingerprint density at radius 2 is 1.49 bits per heavy atom. The molecule has 0 fully saturated rings. The topological polar surface area (TPSA) is 87.7 Å². The van der Waals surface area contributed by atoms with Crippen LogP contribution in [0.25, 0.3) is 10.8 Å². The molecular formula is C34H45N3O4. The zero-order valence-electron chi connectivity index (χ0n) is 25.9. The van der Waals surface area contributed by atoms with Gasteiger partial charge in [0, 0.05) is 11.7 Å². The van der Waals surface area contributed by atoms with Crippen LogP contribution in [0, 0.1) is 19.8 Å². The number of amides is 3. The van der Waals surface area contributed by atoms with Gasteiger partial charge in [-0.2, -0.15) is 0 Å². The number of rotatable bonds is 9. The van der Waals surface area contributed by atoms with Gasteiger partial charge in [-0.1, -0.05) is 68.8 Å². The van der Waals surface area contributed by atoms with Crippen molar-refractivity contribution in [3.63, 3.8) is 0 Å².